The lowest BCUT2D eigenvalue weighted by atomic mass is 10.2. The van der Waals surface area contributed by atoms with Gasteiger partial charge >= 0.3 is 5.69 Å². The van der Waals surface area contributed by atoms with Crippen molar-refractivity contribution in [1.82, 2.24) is 15.0 Å². The van der Waals surface area contributed by atoms with E-state index in [0.29, 0.717) is 70.1 Å². The molecule has 0 saturated carbocycles. The number of phenolic OH excluding ortho intramolecular Hbond substituents is 1. The summed E-state index contributed by atoms with van der Waals surface area (Å²) in [6, 6.07) is 2.62. The molecule has 4 rings (SSSR count). The molecule has 1 aromatic heterocycles. The van der Waals surface area contributed by atoms with E-state index < -0.39 is 16.4 Å². The molecule has 176 valence electrons. The number of nitrogens with zero attached hydrogens (tertiary/aromatic N) is 7. The van der Waals surface area contributed by atoms with Crippen LogP contribution >= 0.6 is 0 Å². The third-order valence-electron chi connectivity index (χ3n) is 5.07. The smallest absolute Gasteiger partial charge is 0.315 e. The Bertz CT molecular complexity index is 987. The first kappa shape index (κ1) is 22.4. The van der Waals surface area contributed by atoms with Crippen molar-refractivity contribution in [2.45, 2.75) is 0 Å². The number of morpholine rings is 2. The number of ether oxygens (including phenoxy) is 3. The van der Waals surface area contributed by atoms with Gasteiger partial charge in [-0.2, -0.15) is 20.1 Å². The normalized spacial score (nSPS) is 16.8. The summed E-state index contributed by atoms with van der Waals surface area (Å²) >= 11 is 0. The summed E-state index contributed by atoms with van der Waals surface area (Å²) in [7, 11) is 1.31. The highest BCUT2D eigenvalue weighted by atomic mass is 16.6. The highest BCUT2D eigenvalue weighted by Gasteiger charge is 2.21. The monoisotopic (exact) mass is 460 g/mol. The van der Waals surface area contributed by atoms with Gasteiger partial charge in [0.25, 0.3) is 0 Å². The first-order valence-electron chi connectivity index (χ1n) is 10.3. The summed E-state index contributed by atoms with van der Waals surface area (Å²) in [5, 5.41) is 25.2. The summed E-state index contributed by atoms with van der Waals surface area (Å²) < 4.78 is 15.8. The molecule has 14 nitrogen and oxygen atoms in total. The minimum Gasteiger partial charge on any atom is -0.500 e. The molecule has 0 aliphatic carbocycles. The van der Waals surface area contributed by atoms with Crippen LogP contribution in [-0.4, -0.2) is 90.9 Å². The Balaban J connectivity index is 1.58. The minimum absolute atomic E-state index is 0.0324. The van der Waals surface area contributed by atoms with Crippen molar-refractivity contribution in [3.63, 3.8) is 0 Å². The fourth-order valence-electron chi connectivity index (χ4n) is 3.36. The Morgan fingerprint density at radius 3 is 2.18 bits per heavy atom. The van der Waals surface area contributed by atoms with Gasteiger partial charge in [-0.25, -0.2) is 5.43 Å². The molecule has 0 unspecified atom stereocenters. The summed E-state index contributed by atoms with van der Waals surface area (Å²) in [5.41, 5.74) is 2.63. The molecule has 2 N–H and O–H groups in total. The molecule has 0 amide bonds. The molecule has 0 atom stereocenters. The number of methoxy groups -OCH3 is 1. The molecule has 2 saturated heterocycles. The van der Waals surface area contributed by atoms with Crippen LogP contribution in [0.3, 0.4) is 0 Å². The highest BCUT2D eigenvalue weighted by molar-refractivity contribution is 5.83. The third kappa shape index (κ3) is 5.35. The molecule has 2 aliphatic rings. The van der Waals surface area contributed by atoms with Crippen LogP contribution in [0.5, 0.6) is 11.5 Å². The second kappa shape index (κ2) is 10.2. The van der Waals surface area contributed by atoms with Crippen molar-refractivity contribution in [2.24, 2.45) is 5.10 Å². The zero-order valence-electron chi connectivity index (χ0n) is 18.0. The van der Waals surface area contributed by atoms with E-state index >= 15 is 0 Å². The second-order valence-electron chi connectivity index (χ2n) is 7.18. The number of nitro groups is 1. The predicted molar refractivity (Wildman–Crippen MR) is 118 cm³/mol. The molecule has 3 heterocycles. The molecule has 14 heteroatoms. The number of phenols is 1. The van der Waals surface area contributed by atoms with Crippen molar-refractivity contribution in [3.05, 3.63) is 27.8 Å². The summed E-state index contributed by atoms with van der Waals surface area (Å²) in [5.74, 6) is 0.666. The van der Waals surface area contributed by atoms with E-state index in [-0.39, 0.29) is 11.7 Å². The number of anilines is 3. The van der Waals surface area contributed by atoms with Crippen LogP contribution in [0.4, 0.5) is 23.5 Å². The lowest BCUT2D eigenvalue weighted by Crippen LogP contribution is -2.40. The van der Waals surface area contributed by atoms with Crippen LogP contribution in [0.1, 0.15) is 5.56 Å². The summed E-state index contributed by atoms with van der Waals surface area (Å²) in [6.45, 7) is 4.97. The number of nitro benzene ring substituents is 1. The van der Waals surface area contributed by atoms with Gasteiger partial charge < -0.3 is 29.1 Å². The number of nitrogens with one attached hydrogen (secondary N) is 1. The number of hydrogen-bond acceptors (Lipinski definition) is 13. The van der Waals surface area contributed by atoms with E-state index in [0.717, 1.165) is 0 Å². The van der Waals surface area contributed by atoms with Crippen LogP contribution in [0, 0.1) is 10.1 Å². The Hall–Kier alpha value is -3.78. The maximum atomic E-state index is 11.2. The van der Waals surface area contributed by atoms with Crippen LogP contribution in [0.15, 0.2) is 17.2 Å². The minimum atomic E-state index is -0.697. The Morgan fingerprint density at radius 2 is 1.67 bits per heavy atom. The standard InChI is InChI=1S/C19H24N8O6/c1-31-15-11-13(10-14(16(15)28)27(29)30)12-20-24-17-21-18(25-2-6-32-7-3-25)23-19(22-17)26-4-8-33-9-5-26/h10-12,28H,2-9H2,1H3,(H,21,22,23,24). The average Bonchev–Trinajstić information content (AvgIpc) is 2.85. The van der Waals surface area contributed by atoms with Crippen LogP contribution in [0.25, 0.3) is 0 Å². The fourth-order valence-corrected chi connectivity index (χ4v) is 3.36. The Kier molecular flexibility index (Phi) is 6.95. The first-order chi connectivity index (χ1) is 16.0. The molecule has 2 aliphatic heterocycles. The predicted octanol–water partition coefficient (Wildman–Crippen LogP) is 0.613. The van der Waals surface area contributed by atoms with Crippen molar-refractivity contribution < 1.29 is 24.2 Å². The molecule has 0 bridgehead atoms. The maximum Gasteiger partial charge on any atom is 0.315 e. The average molecular weight is 460 g/mol. The molecule has 2 fully saturated rings. The van der Waals surface area contributed by atoms with E-state index in [1.807, 2.05) is 9.80 Å². The summed E-state index contributed by atoms with van der Waals surface area (Å²) in [6.07, 6.45) is 1.35. The molecule has 1 aromatic carbocycles. The van der Waals surface area contributed by atoms with Gasteiger partial charge in [0.1, 0.15) is 0 Å². The Morgan fingerprint density at radius 1 is 1.09 bits per heavy atom. The first-order valence-corrected chi connectivity index (χ1v) is 10.3. The van der Waals surface area contributed by atoms with Crippen molar-refractivity contribution in [2.75, 3.05) is 74.9 Å². The van der Waals surface area contributed by atoms with E-state index in [1.54, 1.807) is 0 Å². The van der Waals surface area contributed by atoms with E-state index in [1.165, 1.54) is 25.5 Å². The third-order valence-corrected chi connectivity index (χ3v) is 5.07. The number of aromatic hydroxyl groups is 1. The molecule has 0 spiro atoms. The molecule has 0 radical (unpaired) electrons. The van der Waals surface area contributed by atoms with E-state index in [2.05, 4.69) is 25.5 Å². The topological polar surface area (TPSA) is 161 Å². The zero-order valence-corrected chi connectivity index (χ0v) is 18.0. The summed E-state index contributed by atoms with van der Waals surface area (Å²) in [4.78, 5) is 28.1. The number of aromatic nitrogens is 3. The van der Waals surface area contributed by atoms with E-state index in [9.17, 15) is 15.2 Å². The zero-order chi connectivity index (χ0) is 23.2. The van der Waals surface area contributed by atoms with Gasteiger partial charge in [0.2, 0.25) is 23.6 Å². The SMILES string of the molecule is COc1cc(C=NNc2nc(N3CCOCC3)nc(N3CCOCC3)n2)cc([N+](=O)[O-])c1O. The van der Waals surface area contributed by atoms with Gasteiger partial charge in [0, 0.05) is 37.8 Å². The van der Waals surface area contributed by atoms with Crippen LogP contribution < -0.4 is 20.0 Å². The lowest BCUT2D eigenvalue weighted by Gasteiger charge is -2.30. The van der Waals surface area contributed by atoms with Gasteiger partial charge in [0.05, 0.1) is 44.7 Å². The van der Waals surface area contributed by atoms with Gasteiger partial charge in [-0.05, 0) is 6.07 Å². The van der Waals surface area contributed by atoms with Crippen molar-refractivity contribution in [1.29, 1.82) is 0 Å². The molecular weight excluding hydrogens is 436 g/mol. The quantitative estimate of drug-likeness (QED) is 0.337. The van der Waals surface area contributed by atoms with Gasteiger partial charge in [-0.1, -0.05) is 0 Å². The van der Waals surface area contributed by atoms with Gasteiger partial charge in [-0.15, -0.1) is 0 Å². The van der Waals surface area contributed by atoms with Gasteiger partial charge in [0.15, 0.2) is 5.75 Å². The molecule has 33 heavy (non-hydrogen) atoms. The van der Waals surface area contributed by atoms with E-state index in [4.69, 9.17) is 14.2 Å². The van der Waals surface area contributed by atoms with Crippen LogP contribution in [0.2, 0.25) is 0 Å². The van der Waals surface area contributed by atoms with Crippen LogP contribution in [-0.2, 0) is 9.47 Å². The van der Waals surface area contributed by atoms with Crippen molar-refractivity contribution in [3.8, 4) is 11.5 Å². The number of hydrogen-bond donors (Lipinski definition) is 2. The number of benzene rings is 1. The Labute approximate surface area is 189 Å². The fraction of sp³-hybridized carbons (Fsp3) is 0.474. The van der Waals surface area contributed by atoms with Crippen molar-refractivity contribution >= 4 is 29.7 Å². The largest absolute Gasteiger partial charge is 0.500 e. The molecular formula is C19H24N8O6. The molecule has 2 aromatic rings. The highest BCUT2D eigenvalue weighted by Crippen LogP contribution is 2.36. The number of hydrazone groups is 1. The second-order valence-corrected chi connectivity index (χ2v) is 7.18. The lowest BCUT2D eigenvalue weighted by molar-refractivity contribution is -0.386. The van der Waals surface area contributed by atoms with Gasteiger partial charge in [-0.3, -0.25) is 10.1 Å². The maximum absolute atomic E-state index is 11.2. The number of rotatable bonds is 7.